The molecule has 0 aromatic heterocycles. The van der Waals surface area contributed by atoms with Crippen LogP contribution in [0.1, 0.15) is 22.3 Å². The summed E-state index contributed by atoms with van der Waals surface area (Å²) < 4.78 is 0. The Morgan fingerprint density at radius 1 is 0.162 bits per heavy atom. The molecule has 0 fully saturated rings. The zero-order valence-electron chi connectivity index (χ0n) is 39.1. The first-order valence-electron chi connectivity index (χ1n) is 23.7. The first-order valence-corrected chi connectivity index (χ1v) is 23.7. The van der Waals surface area contributed by atoms with E-state index in [1.807, 2.05) is 0 Å². The monoisotopic (exact) mass is 868 g/mol. The van der Waals surface area contributed by atoms with Gasteiger partial charge in [-0.3, -0.25) is 0 Å². The highest BCUT2D eigenvalue weighted by molar-refractivity contribution is 6.14. The minimum atomic E-state index is 1.25. The first kappa shape index (κ1) is 42.3. The Morgan fingerprint density at radius 2 is 0.338 bits per heavy atom. The number of benzene rings is 12. The molecule has 68 heavy (non-hydrogen) atoms. The lowest BCUT2D eigenvalue weighted by Gasteiger charge is -2.16. The van der Waals surface area contributed by atoms with Crippen molar-refractivity contribution in [2.24, 2.45) is 0 Å². The molecule has 0 aliphatic heterocycles. The van der Waals surface area contributed by atoms with Crippen molar-refractivity contribution in [3.8, 4) is 66.8 Å². The molecule has 0 atom stereocenters. The van der Waals surface area contributed by atoms with E-state index >= 15 is 0 Å². The highest BCUT2D eigenvalue weighted by atomic mass is 14.2. The maximum absolute atomic E-state index is 2.28. The summed E-state index contributed by atoms with van der Waals surface area (Å²) in [6, 6.07) is 88.7. The van der Waals surface area contributed by atoms with Crippen LogP contribution in [-0.4, -0.2) is 0 Å². The molecule has 324 valence electrons. The second kappa shape index (κ2) is 18.2. The van der Waals surface area contributed by atoms with Crippen LogP contribution < -0.4 is 0 Å². The van der Waals surface area contributed by atoms with Gasteiger partial charge < -0.3 is 0 Å². The van der Waals surface area contributed by atoms with E-state index in [0.29, 0.717) is 0 Å². The topological polar surface area (TPSA) is 0 Å². The van der Waals surface area contributed by atoms with Crippen molar-refractivity contribution in [3.05, 3.63) is 265 Å². The number of aryl methyl sites for hydroxylation is 4. The standard InChI is InChI=1S/C42H30.C26H22/c1-27-11-3-15-31-29(27)13-5-17-33(31)35-19-7-23-39-37(35)21-9-25-41(39)42-26-10-22-38-36(20-8-24-40(38)42)34-18-6-14-30-28(2)12-4-16-32(30)34;1-19-3-7-21(8-4-19)23-11-15-25(16-12-23)26-17-13-24(14-18-26)22-9-5-20(2)6-10-22/h3-26H,1-2H3;3-18H,1-2H3. The van der Waals surface area contributed by atoms with Crippen LogP contribution in [0.15, 0.2) is 243 Å². The van der Waals surface area contributed by atoms with E-state index in [1.165, 1.54) is 132 Å². The summed E-state index contributed by atoms with van der Waals surface area (Å²) in [4.78, 5) is 0. The minimum absolute atomic E-state index is 1.25. The van der Waals surface area contributed by atoms with Gasteiger partial charge in [-0.2, -0.15) is 0 Å². The number of rotatable bonds is 6. The molecular weight excluding hydrogens is 817 g/mol. The molecule has 0 unspecified atom stereocenters. The van der Waals surface area contributed by atoms with Crippen molar-refractivity contribution in [2.75, 3.05) is 0 Å². The van der Waals surface area contributed by atoms with Crippen LogP contribution in [-0.2, 0) is 0 Å². The maximum atomic E-state index is 2.28. The van der Waals surface area contributed by atoms with Crippen LogP contribution in [0.4, 0.5) is 0 Å². The quantitative estimate of drug-likeness (QED) is 0.156. The van der Waals surface area contributed by atoms with Gasteiger partial charge in [-0.05, 0) is 149 Å². The zero-order chi connectivity index (χ0) is 46.1. The molecule has 0 N–H and O–H groups in total. The molecule has 0 amide bonds. The summed E-state index contributed by atoms with van der Waals surface area (Å²) in [5, 5.41) is 10.3. The average Bonchev–Trinajstić information content (AvgIpc) is 3.39. The Bertz CT molecular complexity index is 3520. The van der Waals surface area contributed by atoms with Gasteiger partial charge in [-0.1, -0.05) is 254 Å². The Hall–Kier alpha value is -8.32. The van der Waals surface area contributed by atoms with Crippen LogP contribution in [0.3, 0.4) is 0 Å². The second-order valence-electron chi connectivity index (χ2n) is 18.3. The SMILES string of the molecule is Cc1ccc(-c2ccc(-c3ccc(-c4ccc(C)cc4)cc3)cc2)cc1.Cc1cccc2c(-c3cccc4c(-c5cccc6c(-c7cccc8c(C)cccc78)cccc56)cccc34)cccc12. The Labute approximate surface area is 400 Å². The van der Waals surface area contributed by atoms with Gasteiger partial charge in [0.15, 0.2) is 0 Å². The molecule has 12 aromatic rings. The molecule has 0 bridgehead atoms. The van der Waals surface area contributed by atoms with E-state index in [9.17, 15) is 0 Å². The minimum Gasteiger partial charge on any atom is -0.0613 e. The van der Waals surface area contributed by atoms with Crippen LogP contribution in [0.2, 0.25) is 0 Å². The van der Waals surface area contributed by atoms with E-state index in [1.54, 1.807) is 0 Å². The van der Waals surface area contributed by atoms with E-state index in [-0.39, 0.29) is 0 Å². The number of hydrogen-bond donors (Lipinski definition) is 0. The summed E-state index contributed by atoms with van der Waals surface area (Å²) >= 11 is 0. The van der Waals surface area contributed by atoms with Crippen molar-refractivity contribution >= 4 is 43.1 Å². The van der Waals surface area contributed by atoms with Gasteiger partial charge in [0.05, 0.1) is 0 Å². The summed E-state index contributed by atoms with van der Waals surface area (Å²) in [6.07, 6.45) is 0. The van der Waals surface area contributed by atoms with Gasteiger partial charge in [-0.25, -0.2) is 0 Å². The van der Waals surface area contributed by atoms with Gasteiger partial charge in [0.2, 0.25) is 0 Å². The van der Waals surface area contributed by atoms with Crippen molar-refractivity contribution in [2.45, 2.75) is 27.7 Å². The number of fused-ring (bicyclic) bond motifs is 4. The lowest BCUT2D eigenvalue weighted by molar-refractivity contribution is 1.47. The van der Waals surface area contributed by atoms with Gasteiger partial charge in [0, 0.05) is 0 Å². The third-order valence-electron chi connectivity index (χ3n) is 13.9. The molecule has 12 rings (SSSR count). The highest BCUT2D eigenvalue weighted by Gasteiger charge is 2.15. The molecule has 0 radical (unpaired) electrons. The number of hydrogen-bond acceptors (Lipinski definition) is 0. The maximum Gasteiger partial charge on any atom is -0.00990 e. The van der Waals surface area contributed by atoms with Crippen LogP contribution >= 0.6 is 0 Å². The van der Waals surface area contributed by atoms with E-state index in [0.717, 1.165) is 0 Å². The molecule has 0 spiro atoms. The largest absolute Gasteiger partial charge is 0.0613 e. The van der Waals surface area contributed by atoms with E-state index < -0.39 is 0 Å². The Kier molecular flexibility index (Phi) is 11.3. The molecule has 0 saturated heterocycles. The van der Waals surface area contributed by atoms with Crippen molar-refractivity contribution in [1.29, 1.82) is 0 Å². The van der Waals surface area contributed by atoms with Gasteiger partial charge in [-0.15, -0.1) is 0 Å². The van der Waals surface area contributed by atoms with Crippen LogP contribution in [0, 0.1) is 27.7 Å². The smallest absolute Gasteiger partial charge is 0.00990 e. The van der Waals surface area contributed by atoms with Gasteiger partial charge in [0.25, 0.3) is 0 Å². The fraction of sp³-hybridized carbons (Fsp3) is 0.0588. The normalized spacial score (nSPS) is 11.2. The summed E-state index contributed by atoms with van der Waals surface area (Å²) in [5.41, 5.74) is 20.4. The Balaban J connectivity index is 0.000000167. The van der Waals surface area contributed by atoms with E-state index in [2.05, 4.69) is 270 Å². The third-order valence-corrected chi connectivity index (χ3v) is 13.9. The predicted molar refractivity (Wildman–Crippen MR) is 294 cm³/mol. The van der Waals surface area contributed by atoms with Gasteiger partial charge in [0.1, 0.15) is 0 Å². The molecule has 0 heterocycles. The van der Waals surface area contributed by atoms with Crippen LogP contribution in [0.25, 0.3) is 110 Å². The predicted octanol–water partition coefficient (Wildman–Crippen LogP) is 19.2. The molecule has 12 aromatic carbocycles. The summed E-state index contributed by atoms with van der Waals surface area (Å²) in [7, 11) is 0. The molecule has 0 aliphatic carbocycles. The molecular formula is C68H52. The molecule has 0 nitrogen and oxygen atoms in total. The third kappa shape index (κ3) is 8.05. The summed E-state index contributed by atoms with van der Waals surface area (Å²) in [6.45, 7) is 8.63. The average molecular weight is 869 g/mol. The highest BCUT2D eigenvalue weighted by Crippen LogP contribution is 2.42. The van der Waals surface area contributed by atoms with Crippen molar-refractivity contribution < 1.29 is 0 Å². The molecule has 0 aliphatic rings. The zero-order valence-corrected chi connectivity index (χ0v) is 39.1. The van der Waals surface area contributed by atoms with Crippen LogP contribution in [0.5, 0.6) is 0 Å². The fourth-order valence-electron chi connectivity index (χ4n) is 10.2. The lowest BCUT2D eigenvalue weighted by atomic mass is 9.87. The Morgan fingerprint density at radius 3 is 0.574 bits per heavy atom. The molecule has 0 heteroatoms. The van der Waals surface area contributed by atoms with Crippen molar-refractivity contribution in [1.82, 2.24) is 0 Å². The van der Waals surface area contributed by atoms with Crippen molar-refractivity contribution in [3.63, 3.8) is 0 Å². The van der Waals surface area contributed by atoms with E-state index in [4.69, 9.17) is 0 Å². The summed E-state index contributed by atoms with van der Waals surface area (Å²) in [5.74, 6) is 0. The first-order chi connectivity index (χ1) is 33.4. The van der Waals surface area contributed by atoms with Gasteiger partial charge >= 0.3 is 0 Å². The lowest BCUT2D eigenvalue weighted by Crippen LogP contribution is -1.90. The fourth-order valence-corrected chi connectivity index (χ4v) is 10.2. The molecule has 0 saturated carbocycles. The second-order valence-corrected chi connectivity index (χ2v) is 18.3.